The second kappa shape index (κ2) is 14.5. The monoisotopic (exact) mass is 636 g/mol. The first-order chi connectivity index (χ1) is 23.6. The molecule has 7 rings (SSSR count). The van der Waals surface area contributed by atoms with Crippen molar-refractivity contribution in [2.75, 3.05) is 17.2 Å². The molecule has 0 unspecified atom stereocenters. The zero-order valence-corrected chi connectivity index (χ0v) is 27.4. The number of para-hydroxylation sites is 2. The average Bonchev–Trinajstić information content (AvgIpc) is 3.52. The zero-order valence-electron chi connectivity index (χ0n) is 27.4. The highest BCUT2D eigenvalue weighted by molar-refractivity contribution is 5.79. The SMILES string of the molecule is CC(C)COc1cc2oc(/C=C/c3ccc(-c4nc(Nc5ccccc5)nc(Nc5ccccc5)n4)cc3)nc2cc1C1CCCCC1. The van der Waals surface area contributed by atoms with Crippen LogP contribution in [0.15, 0.2) is 101 Å². The van der Waals surface area contributed by atoms with Crippen LogP contribution in [0.5, 0.6) is 5.75 Å². The Balaban J connectivity index is 1.12. The molecule has 0 spiro atoms. The van der Waals surface area contributed by atoms with Gasteiger partial charge in [-0.1, -0.05) is 93.8 Å². The Kier molecular flexibility index (Phi) is 9.40. The third-order valence-corrected chi connectivity index (χ3v) is 8.44. The predicted molar refractivity (Wildman–Crippen MR) is 194 cm³/mol. The van der Waals surface area contributed by atoms with E-state index in [1.54, 1.807) is 0 Å². The largest absolute Gasteiger partial charge is 0.493 e. The van der Waals surface area contributed by atoms with Gasteiger partial charge in [0.2, 0.25) is 17.8 Å². The van der Waals surface area contributed by atoms with Crippen LogP contribution in [0.3, 0.4) is 0 Å². The van der Waals surface area contributed by atoms with E-state index in [0.29, 0.717) is 42.1 Å². The number of ether oxygens (including phenoxy) is 1. The molecule has 2 heterocycles. The van der Waals surface area contributed by atoms with Gasteiger partial charge >= 0.3 is 0 Å². The predicted octanol–water partition coefficient (Wildman–Crippen LogP) is 10.4. The van der Waals surface area contributed by atoms with Crippen LogP contribution in [-0.4, -0.2) is 26.5 Å². The maximum absolute atomic E-state index is 6.29. The zero-order chi connectivity index (χ0) is 32.7. The maximum Gasteiger partial charge on any atom is 0.232 e. The van der Waals surface area contributed by atoms with E-state index in [-0.39, 0.29) is 0 Å². The third kappa shape index (κ3) is 7.72. The summed E-state index contributed by atoms with van der Waals surface area (Å²) in [5.74, 6) is 3.93. The summed E-state index contributed by atoms with van der Waals surface area (Å²) in [5.41, 5.74) is 6.55. The number of aromatic nitrogens is 4. The Hall–Kier alpha value is -5.50. The van der Waals surface area contributed by atoms with Crippen LogP contribution in [-0.2, 0) is 0 Å². The van der Waals surface area contributed by atoms with Crippen LogP contribution >= 0.6 is 0 Å². The van der Waals surface area contributed by atoms with Gasteiger partial charge in [0, 0.05) is 29.1 Å². The van der Waals surface area contributed by atoms with Gasteiger partial charge in [0.15, 0.2) is 11.4 Å². The topological polar surface area (TPSA) is 98.0 Å². The molecule has 2 N–H and O–H groups in total. The molecule has 8 heteroatoms. The van der Waals surface area contributed by atoms with Crippen LogP contribution in [0.2, 0.25) is 0 Å². The van der Waals surface area contributed by atoms with Gasteiger partial charge in [-0.2, -0.15) is 15.0 Å². The van der Waals surface area contributed by atoms with Gasteiger partial charge in [-0.05, 0) is 72.2 Å². The Morgan fingerprint density at radius 3 is 2.02 bits per heavy atom. The molecule has 0 radical (unpaired) electrons. The summed E-state index contributed by atoms with van der Waals surface area (Å²) < 4.78 is 12.5. The van der Waals surface area contributed by atoms with Crippen molar-refractivity contribution in [1.82, 2.24) is 19.9 Å². The molecule has 4 aromatic carbocycles. The molecule has 242 valence electrons. The summed E-state index contributed by atoms with van der Waals surface area (Å²) in [6.07, 6.45) is 10.2. The normalized spacial score (nSPS) is 13.7. The number of fused-ring (bicyclic) bond motifs is 1. The van der Waals surface area contributed by atoms with Gasteiger partial charge < -0.3 is 19.8 Å². The van der Waals surface area contributed by atoms with Crippen LogP contribution in [0.4, 0.5) is 23.3 Å². The molecule has 0 atom stereocenters. The number of anilines is 4. The molecule has 8 nitrogen and oxygen atoms in total. The van der Waals surface area contributed by atoms with Crippen molar-refractivity contribution in [3.05, 3.63) is 114 Å². The molecule has 0 amide bonds. The Morgan fingerprint density at radius 1 is 0.750 bits per heavy atom. The first-order valence-electron chi connectivity index (χ1n) is 16.8. The highest BCUT2D eigenvalue weighted by Crippen LogP contribution is 2.40. The van der Waals surface area contributed by atoms with Gasteiger partial charge in [-0.3, -0.25) is 0 Å². The highest BCUT2D eigenvalue weighted by atomic mass is 16.5. The first-order valence-corrected chi connectivity index (χ1v) is 16.8. The standard InChI is InChI=1S/C40H40N6O2/c1-27(2)26-47-35-25-36-34(24-33(35)29-12-6-3-7-13-29)43-37(48-36)23-20-28-18-21-30(22-19-28)38-44-39(41-31-14-8-4-9-15-31)46-40(45-38)42-32-16-10-5-11-17-32/h4-5,8-11,14-25,27,29H,3,6-7,12-13,26H2,1-2H3,(H2,41,42,44,45,46)/b23-20+. The van der Waals surface area contributed by atoms with E-state index in [4.69, 9.17) is 24.1 Å². The highest BCUT2D eigenvalue weighted by Gasteiger charge is 2.22. The van der Waals surface area contributed by atoms with E-state index in [1.165, 1.54) is 37.7 Å². The summed E-state index contributed by atoms with van der Waals surface area (Å²) in [5, 5.41) is 6.60. The van der Waals surface area contributed by atoms with E-state index >= 15 is 0 Å². The number of nitrogens with zero attached hydrogens (tertiary/aromatic N) is 4. The van der Waals surface area contributed by atoms with Gasteiger partial charge in [0.1, 0.15) is 11.3 Å². The molecule has 1 saturated carbocycles. The summed E-state index contributed by atoms with van der Waals surface area (Å²) in [6, 6.07) is 32.0. The number of hydrogen-bond acceptors (Lipinski definition) is 8. The molecule has 0 bridgehead atoms. The van der Waals surface area contributed by atoms with Gasteiger partial charge in [0.25, 0.3) is 0 Å². The Labute approximate surface area is 281 Å². The molecule has 1 fully saturated rings. The van der Waals surface area contributed by atoms with E-state index < -0.39 is 0 Å². The lowest BCUT2D eigenvalue weighted by Gasteiger charge is -2.24. The fourth-order valence-electron chi connectivity index (χ4n) is 6.00. The van der Waals surface area contributed by atoms with Crippen LogP contribution in [0.25, 0.3) is 34.6 Å². The van der Waals surface area contributed by atoms with Gasteiger partial charge in [0.05, 0.1) is 6.61 Å². The van der Waals surface area contributed by atoms with Crippen LogP contribution in [0, 0.1) is 5.92 Å². The molecule has 0 aliphatic heterocycles. The quantitative estimate of drug-likeness (QED) is 0.145. The summed E-state index contributed by atoms with van der Waals surface area (Å²) in [6.45, 7) is 5.03. The fourth-order valence-corrected chi connectivity index (χ4v) is 6.00. The minimum absolute atomic E-state index is 0.450. The molecular weight excluding hydrogens is 596 g/mol. The van der Waals surface area contributed by atoms with Gasteiger partial charge in [-0.25, -0.2) is 4.98 Å². The number of hydrogen-bond donors (Lipinski definition) is 2. The lowest BCUT2D eigenvalue weighted by molar-refractivity contribution is 0.265. The molecule has 6 aromatic rings. The third-order valence-electron chi connectivity index (χ3n) is 8.44. The molecule has 1 aliphatic rings. The van der Waals surface area contributed by atoms with Crippen LogP contribution in [0.1, 0.15) is 68.9 Å². The molecule has 0 saturated heterocycles. The molecule has 1 aliphatic carbocycles. The van der Waals surface area contributed by atoms with Crippen molar-refractivity contribution in [2.45, 2.75) is 51.9 Å². The molecule has 2 aromatic heterocycles. The Morgan fingerprint density at radius 2 is 1.40 bits per heavy atom. The minimum Gasteiger partial charge on any atom is -0.493 e. The van der Waals surface area contributed by atoms with E-state index in [0.717, 1.165) is 39.4 Å². The average molecular weight is 637 g/mol. The number of oxazole rings is 1. The van der Waals surface area contributed by atoms with Crippen molar-refractivity contribution < 1.29 is 9.15 Å². The minimum atomic E-state index is 0.450. The van der Waals surface area contributed by atoms with Gasteiger partial charge in [-0.15, -0.1) is 0 Å². The molecular formula is C40H40N6O2. The second-order valence-corrected chi connectivity index (χ2v) is 12.7. The lowest BCUT2D eigenvalue weighted by Crippen LogP contribution is -2.10. The number of rotatable bonds is 11. The van der Waals surface area contributed by atoms with E-state index in [1.807, 2.05) is 103 Å². The maximum atomic E-state index is 6.29. The summed E-state index contributed by atoms with van der Waals surface area (Å²) >= 11 is 0. The van der Waals surface area contributed by atoms with Crippen molar-refractivity contribution >= 4 is 46.5 Å². The van der Waals surface area contributed by atoms with Crippen molar-refractivity contribution in [3.8, 4) is 17.1 Å². The smallest absolute Gasteiger partial charge is 0.232 e. The van der Waals surface area contributed by atoms with Crippen molar-refractivity contribution in [3.63, 3.8) is 0 Å². The van der Waals surface area contributed by atoms with Crippen molar-refractivity contribution in [1.29, 1.82) is 0 Å². The lowest BCUT2D eigenvalue weighted by atomic mass is 9.83. The fraction of sp³-hybridized carbons (Fsp3) is 0.250. The summed E-state index contributed by atoms with van der Waals surface area (Å²) in [4.78, 5) is 18.9. The number of nitrogens with one attached hydrogen (secondary N) is 2. The second-order valence-electron chi connectivity index (χ2n) is 12.7. The Bertz CT molecular complexity index is 1920. The summed E-state index contributed by atoms with van der Waals surface area (Å²) in [7, 11) is 0. The first kappa shape index (κ1) is 31.1. The molecule has 48 heavy (non-hydrogen) atoms. The van der Waals surface area contributed by atoms with Crippen LogP contribution < -0.4 is 15.4 Å². The van der Waals surface area contributed by atoms with Crippen molar-refractivity contribution in [2.24, 2.45) is 5.92 Å². The number of benzene rings is 4. The van der Waals surface area contributed by atoms with E-state index in [9.17, 15) is 0 Å². The van der Waals surface area contributed by atoms with E-state index in [2.05, 4.69) is 35.5 Å².